The molecule has 0 radical (unpaired) electrons. The van der Waals surface area contributed by atoms with E-state index >= 15 is 0 Å². The molecule has 2 heterocycles. The first-order chi connectivity index (χ1) is 9.62. The van der Waals surface area contributed by atoms with Crippen molar-refractivity contribution in [2.45, 2.75) is 46.3 Å². The molecular weight excluding hydrogens is 254 g/mol. The average molecular weight is 275 g/mol. The Hall–Kier alpha value is -1.88. The molecule has 0 aliphatic rings. The zero-order valence-corrected chi connectivity index (χ0v) is 12.2. The molecular formula is C15H21N3O2. The third kappa shape index (κ3) is 3.57. The Bertz CT molecular complexity index is 564. The van der Waals surface area contributed by atoms with E-state index in [1.54, 1.807) is 12.3 Å². The van der Waals surface area contributed by atoms with Crippen LogP contribution < -0.4 is 4.74 Å². The number of hydrogen-bond acceptors (Lipinski definition) is 4. The van der Waals surface area contributed by atoms with Crippen LogP contribution in [0.4, 0.5) is 0 Å². The van der Waals surface area contributed by atoms with Gasteiger partial charge in [0.05, 0.1) is 19.0 Å². The van der Waals surface area contributed by atoms with Gasteiger partial charge in [-0.1, -0.05) is 20.8 Å². The summed E-state index contributed by atoms with van der Waals surface area (Å²) in [6.07, 6.45) is 4.56. The van der Waals surface area contributed by atoms with E-state index in [0.717, 1.165) is 24.2 Å². The van der Waals surface area contributed by atoms with Crippen molar-refractivity contribution in [3.63, 3.8) is 0 Å². The molecule has 108 valence electrons. The Morgan fingerprint density at radius 2 is 2.15 bits per heavy atom. The van der Waals surface area contributed by atoms with Crippen LogP contribution >= 0.6 is 0 Å². The molecule has 1 N–H and O–H groups in total. The van der Waals surface area contributed by atoms with E-state index in [1.165, 1.54) is 0 Å². The largest absolute Gasteiger partial charge is 0.436 e. The maximum absolute atomic E-state index is 9.31. The highest BCUT2D eigenvalue weighted by Gasteiger charge is 2.08. The van der Waals surface area contributed by atoms with Crippen molar-refractivity contribution in [1.82, 2.24) is 14.8 Å². The second-order valence-corrected chi connectivity index (χ2v) is 5.09. The Labute approximate surface area is 119 Å². The third-order valence-electron chi connectivity index (χ3n) is 2.94. The van der Waals surface area contributed by atoms with E-state index in [0.29, 0.717) is 11.6 Å². The van der Waals surface area contributed by atoms with Crippen molar-refractivity contribution in [3.05, 3.63) is 35.8 Å². The van der Waals surface area contributed by atoms with Crippen molar-refractivity contribution >= 4 is 0 Å². The van der Waals surface area contributed by atoms with Crippen LogP contribution in [0.25, 0.3) is 0 Å². The maximum atomic E-state index is 9.31. The molecule has 0 aromatic carbocycles. The monoisotopic (exact) mass is 275 g/mol. The van der Waals surface area contributed by atoms with Gasteiger partial charge in [-0.15, -0.1) is 0 Å². The first-order valence-electron chi connectivity index (χ1n) is 6.94. The molecule has 2 aromatic rings. The summed E-state index contributed by atoms with van der Waals surface area (Å²) < 4.78 is 7.57. The number of ether oxygens (including phenoxy) is 1. The van der Waals surface area contributed by atoms with Gasteiger partial charge < -0.3 is 9.84 Å². The summed E-state index contributed by atoms with van der Waals surface area (Å²) in [4.78, 5) is 4.46. The normalized spacial score (nSPS) is 11.1. The van der Waals surface area contributed by atoms with E-state index in [1.807, 2.05) is 16.9 Å². The highest BCUT2D eigenvalue weighted by molar-refractivity contribution is 5.29. The molecule has 0 spiro atoms. The standard InChI is InChI=1S/C15H21N3O2/c1-4-5-18-9-13(8-16-18)20-15-7-12(10-19)6-14(17-15)11(2)3/h6-9,11,19H,4-5,10H2,1-3H3. The first-order valence-corrected chi connectivity index (χ1v) is 6.94. The Morgan fingerprint density at radius 1 is 1.35 bits per heavy atom. The molecule has 20 heavy (non-hydrogen) atoms. The van der Waals surface area contributed by atoms with Crippen molar-refractivity contribution in [2.24, 2.45) is 0 Å². The molecule has 0 aliphatic heterocycles. The minimum atomic E-state index is -0.0201. The van der Waals surface area contributed by atoms with Crippen molar-refractivity contribution < 1.29 is 9.84 Å². The van der Waals surface area contributed by atoms with Gasteiger partial charge in [0, 0.05) is 18.3 Å². The summed E-state index contributed by atoms with van der Waals surface area (Å²) >= 11 is 0. The summed E-state index contributed by atoms with van der Waals surface area (Å²) in [5.41, 5.74) is 1.71. The fourth-order valence-electron chi connectivity index (χ4n) is 1.89. The van der Waals surface area contributed by atoms with E-state index in [2.05, 4.69) is 30.9 Å². The molecule has 0 saturated heterocycles. The first kappa shape index (κ1) is 14.5. The van der Waals surface area contributed by atoms with Crippen LogP contribution in [0.3, 0.4) is 0 Å². The van der Waals surface area contributed by atoms with Gasteiger partial charge in [-0.2, -0.15) is 5.10 Å². The van der Waals surface area contributed by atoms with Crippen LogP contribution in [0.15, 0.2) is 24.5 Å². The van der Waals surface area contributed by atoms with Crippen LogP contribution in [0.5, 0.6) is 11.6 Å². The SMILES string of the molecule is CCCn1cc(Oc2cc(CO)cc(C(C)C)n2)cn1. The number of aryl methyl sites for hydroxylation is 1. The van der Waals surface area contributed by atoms with Gasteiger partial charge in [-0.05, 0) is 24.0 Å². The fourth-order valence-corrected chi connectivity index (χ4v) is 1.89. The summed E-state index contributed by atoms with van der Waals surface area (Å²) in [7, 11) is 0. The smallest absolute Gasteiger partial charge is 0.219 e. The predicted molar refractivity (Wildman–Crippen MR) is 76.8 cm³/mol. The maximum Gasteiger partial charge on any atom is 0.219 e. The molecule has 2 rings (SSSR count). The third-order valence-corrected chi connectivity index (χ3v) is 2.94. The lowest BCUT2D eigenvalue weighted by Crippen LogP contribution is -1.98. The molecule has 0 bridgehead atoms. The lowest BCUT2D eigenvalue weighted by Gasteiger charge is -2.10. The van der Waals surface area contributed by atoms with Gasteiger partial charge in [-0.25, -0.2) is 4.98 Å². The van der Waals surface area contributed by atoms with Crippen molar-refractivity contribution in [1.29, 1.82) is 0 Å². The van der Waals surface area contributed by atoms with Crippen molar-refractivity contribution in [2.75, 3.05) is 0 Å². The van der Waals surface area contributed by atoms with Gasteiger partial charge >= 0.3 is 0 Å². The van der Waals surface area contributed by atoms with Gasteiger partial charge in [0.25, 0.3) is 0 Å². The molecule has 0 atom stereocenters. The highest BCUT2D eigenvalue weighted by Crippen LogP contribution is 2.23. The molecule has 0 saturated carbocycles. The average Bonchev–Trinajstić information content (AvgIpc) is 2.86. The minimum Gasteiger partial charge on any atom is -0.436 e. The molecule has 0 fully saturated rings. The van der Waals surface area contributed by atoms with Crippen LogP contribution in [-0.2, 0) is 13.2 Å². The summed E-state index contributed by atoms with van der Waals surface area (Å²) in [5, 5.41) is 13.5. The lowest BCUT2D eigenvalue weighted by molar-refractivity contribution is 0.280. The summed E-state index contributed by atoms with van der Waals surface area (Å²) in [5.74, 6) is 1.44. The molecule has 0 aliphatic carbocycles. The topological polar surface area (TPSA) is 60.2 Å². The Balaban J connectivity index is 2.20. The zero-order valence-electron chi connectivity index (χ0n) is 12.2. The molecule has 0 amide bonds. The summed E-state index contributed by atoms with van der Waals surface area (Å²) in [6, 6.07) is 3.65. The van der Waals surface area contributed by atoms with Gasteiger partial charge in [0.1, 0.15) is 0 Å². The number of aromatic nitrogens is 3. The van der Waals surface area contributed by atoms with E-state index in [4.69, 9.17) is 4.74 Å². The van der Waals surface area contributed by atoms with Gasteiger partial charge in [0.2, 0.25) is 5.88 Å². The Morgan fingerprint density at radius 3 is 2.80 bits per heavy atom. The molecule has 5 heteroatoms. The fraction of sp³-hybridized carbons (Fsp3) is 0.467. The predicted octanol–water partition coefficient (Wildman–Crippen LogP) is 3.10. The van der Waals surface area contributed by atoms with Crippen LogP contribution in [0, 0.1) is 0 Å². The van der Waals surface area contributed by atoms with Crippen molar-refractivity contribution in [3.8, 4) is 11.6 Å². The van der Waals surface area contributed by atoms with Crippen LogP contribution in [0.1, 0.15) is 44.4 Å². The number of aliphatic hydroxyl groups is 1. The Kier molecular flexibility index (Phi) is 4.74. The second-order valence-electron chi connectivity index (χ2n) is 5.09. The lowest BCUT2D eigenvalue weighted by atomic mass is 10.1. The number of hydrogen-bond donors (Lipinski definition) is 1. The molecule has 5 nitrogen and oxygen atoms in total. The minimum absolute atomic E-state index is 0.0201. The number of pyridine rings is 1. The van der Waals surface area contributed by atoms with Crippen LogP contribution in [-0.4, -0.2) is 19.9 Å². The number of rotatable bonds is 6. The van der Waals surface area contributed by atoms with Crippen LogP contribution in [0.2, 0.25) is 0 Å². The second kappa shape index (κ2) is 6.52. The van der Waals surface area contributed by atoms with E-state index < -0.39 is 0 Å². The van der Waals surface area contributed by atoms with Gasteiger partial charge in [-0.3, -0.25) is 4.68 Å². The highest BCUT2D eigenvalue weighted by atomic mass is 16.5. The number of nitrogens with zero attached hydrogens (tertiary/aromatic N) is 3. The zero-order chi connectivity index (χ0) is 14.5. The quantitative estimate of drug-likeness (QED) is 0.880. The van der Waals surface area contributed by atoms with E-state index in [9.17, 15) is 5.11 Å². The number of aliphatic hydroxyl groups excluding tert-OH is 1. The van der Waals surface area contributed by atoms with Gasteiger partial charge in [0.15, 0.2) is 5.75 Å². The molecule has 2 aromatic heterocycles. The van der Waals surface area contributed by atoms with E-state index in [-0.39, 0.29) is 12.5 Å². The summed E-state index contributed by atoms with van der Waals surface area (Å²) in [6.45, 7) is 7.07. The molecule has 0 unspecified atom stereocenters.